The lowest BCUT2D eigenvalue weighted by Crippen LogP contribution is -2.36. The van der Waals surface area contributed by atoms with Crippen LogP contribution in [0.3, 0.4) is 0 Å². The zero-order valence-electron chi connectivity index (χ0n) is 9.05. The van der Waals surface area contributed by atoms with Crippen molar-refractivity contribution in [1.82, 2.24) is 4.90 Å². The van der Waals surface area contributed by atoms with Crippen molar-refractivity contribution in [3.8, 4) is 0 Å². The first-order valence-corrected chi connectivity index (χ1v) is 5.40. The molecular weight excluding hydrogens is 219 g/mol. The van der Waals surface area contributed by atoms with E-state index in [0.717, 1.165) is 6.42 Å². The Labute approximate surface area is 92.1 Å². The van der Waals surface area contributed by atoms with Gasteiger partial charge in [0, 0.05) is 13.1 Å². The first-order chi connectivity index (χ1) is 7.39. The highest BCUT2D eigenvalue weighted by Crippen LogP contribution is 2.50. The van der Waals surface area contributed by atoms with Gasteiger partial charge in [-0.05, 0) is 19.8 Å². The molecule has 0 radical (unpaired) electrons. The summed E-state index contributed by atoms with van der Waals surface area (Å²) in [5.74, 6) is -2.54. The maximum absolute atomic E-state index is 12.3. The van der Waals surface area contributed by atoms with Gasteiger partial charge < -0.3 is 4.90 Å². The number of rotatable bonds is 1. The van der Waals surface area contributed by atoms with E-state index in [4.69, 9.17) is 0 Å². The van der Waals surface area contributed by atoms with Gasteiger partial charge in [-0.3, -0.25) is 4.79 Å². The summed E-state index contributed by atoms with van der Waals surface area (Å²) in [4.78, 5) is 13.3. The molecule has 0 aromatic heterocycles. The average molecular weight is 233 g/mol. The van der Waals surface area contributed by atoms with Gasteiger partial charge in [-0.2, -0.15) is 13.2 Å². The number of hydrogen-bond acceptors (Lipinski definition) is 1. The SMILES string of the molecule is CC1=CCN(C(=O)C2CC2C(F)(F)F)CC1. The van der Waals surface area contributed by atoms with Crippen LogP contribution in [0.4, 0.5) is 13.2 Å². The molecule has 2 aliphatic rings. The average Bonchev–Trinajstić information content (AvgIpc) is 2.96. The third-order valence-corrected chi connectivity index (χ3v) is 3.28. The molecule has 5 heteroatoms. The lowest BCUT2D eigenvalue weighted by Gasteiger charge is -2.25. The molecule has 2 nitrogen and oxygen atoms in total. The Morgan fingerprint density at radius 3 is 2.62 bits per heavy atom. The first kappa shape index (κ1) is 11.5. The summed E-state index contributed by atoms with van der Waals surface area (Å²) >= 11 is 0. The Hall–Kier alpha value is -1.00. The molecule has 1 fully saturated rings. The van der Waals surface area contributed by atoms with Crippen LogP contribution in [-0.4, -0.2) is 30.1 Å². The fourth-order valence-corrected chi connectivity index (χ4v) is 2.04. The van der Waals surface area contributed by atoms with Crippen molar-refractivity contribution in [1.29, 1.82) is 0 Å². The Morgan fingerprint density at radius 2 is 2.19 bits per heavy atom. The summed E-state index contributed by atoms with van der Waals surface area (Å²) < 4.78 is 36.9. The highest BCUT2D eigenvalue weighted by Gasteiger charge is 2.59. The number of alkyl halides is 3. The van der Waals surface area contributed by atoms with Gasteiger partial charge in [-0.15, -0.1) is 0 Å². The highest BCUT2D eigenvalue weighted by molar-refractivity contribution is 5.82. The summed E-state index contributed by atoms with van der Waals surface area (Å²) in [5.41, 5.74) is 1.20. The summed E-state index contributed by atoms with van der Waals surface area (Å²) in [5, 5.41) is 0. The van der Waals surface area contributed by atoms with E-state index in [0.29, 0.717) is 13.1 Å². The van der Waals surface area contributed by atoms with Crippen LogP contribution in [0.15, 0.2) is 11.6 Å². The number of carbonyl (C=O) groups is 1. The zero-order chi connectivity index (χ0) is 11.9. The van der Waals surface area contributed by atoms with Crippen LogP contribution in [0.5, 0.6) is 0 Å². The standard InChI is InChI=1S/C11H14F3NO/c1-7-2-4-15(5-3-7)10(16)8-6-9(8)11(12,13)14/h2,8-9H,3-6H2,1H3. The number of hydrogen-bond donors (Lipinski definition) is 0. The predicted octanol–water partition coefficient (Wildman–Crippen LogP) is 2.36. The molecular formula is C11H14F3NO. The molecule has 1 amide bonds. The van der Waals surface area contributed by atoms with Crippen LogP contribution in [-0.2, 0) is 4.79 Å². The molecule has 2 rings (SSSR count). The molecule has 2 atom stereocenters. The Balaban J connectivity index is 1.91. The van der Waals surface area contributed by atoms with Gasteiger partial charge in [0.15, 0.2) is 0 Å². The van der Waals surface area contributed by atoms with E-state index >= 15 is 0 Å². The van der Waals surface area contributed by atoms with Gasteiger partial charge in [0.25, 0.3) is 0 Å². The number of halogens is 3. The maximum atomic E-state index is 12.3. The van der Waals surface area contributed by atoms with Crippen molar-refractivity contribution in [2.24, 2.45) is 11.8 Å². The number of amides is 1. The van der Waals surface area contributed by atoms with Gasteiger partial charge in [-0.1, -0.05) is 11.6 Å². The normalized spacial score (nSPS) is 30.0. The molecule has 1 saturated carbocycles. The molecule has 90 valence electrons. The fourth-order valence-electron chi connectivity index (χ4n) is 2.04. The van der Waals surface area contributed by atoms with Crippen molar-refractivity contribution in [2.45, 2.75) is 25.9 Å². The molecule has 2 unspecified atom stereocenters. The number of carbonyl (C=O) groups excluding carboxylic acids is 1. The van der Waals surface area contributed by atoms with E-state index in [1.165, 1.54) is 10.5 Å². The smallest absolute Gasteiger partial charge is 0.338 e. The third-order valence-electron chi connectivity index (χ3n) is 3.28. The van der Waals surface area contributed by atoms with Gasteiger partial charge in [0.1, 0.15) is 0 Å². The minimum Gasteiger partial charge on any atom is -0.338 e. The third kappa shape index (κ3) is 2.23. The lowest BCUT2D eigenvalue weighted by atomic mass is 10.1. The fraction of sp³-hybridized carbons (Fsp3) is 0.727. The Kier molecular flexibility index (Phi) is 2.72. The van der Waals surface area contributed by atoms with Crippen LogP contribution in [0.1, 0.15) is 19.8 Å². The van der Waals surface area contributed by atoms with E-state index in [1.807, 2.05) is 13.0 Å². The van der Waals surface area contributed by atoms with E-state index < -0.39 is 18.0 Å². The molecule has 0 aromatic rings. The lowest BCUT2D eigenvalue weighted by molar-refractivity contribution is -0.157. The van der Waals surface area contributed by atoms with Crippen molar-refractivity contribution in [3.05, 3.63) is 11.6 Å². The van der Waals surface area contributed by atoms with Crippen LogP contribution >= 0.6 is 0 Å². The van der Waals surface area contributed by atoms with Gasteiger partial charge in [0.05, 0.1) is 11.8 Å². The van der Waals surface area contributed by atoms with E-state index in [-0.39, 0.29) is 12.3 Å². The quantitative estimate of drug-likeness (QED) is 0.637. The molecule has 1 aliphatic heterocycles. The molecule has 0 aromatic carbocycles. The molecule has 0 bridgehead atoms. The second-order valence-corrected chi connectivity index (χ2v) is 4.58. The second kappa shape index (κ2) is 3.79. The van der Waals surface area contributed by atoms with Crippen molar-refractivity contribution < 1.29 is 18.0 Å². The first-order valence-electron chi connectivity index (χ1n) is 5.40. The summed E-state index contributed by atoms with van der Waals surface area (Å²) in [6.07, 6.45) is -1.55. The largest absolute Gasteiger partial charge is 0.392 e. The van der Waals surface area contributed by atoms with Gasteiger partial charge >= 0.3 is 6.18 Å². The second-order valence-electron chi connectivity index (χ2n) is 4.58. The Bertz CT molecular complexity index is 335. The van der Waals surface area contributed by atoms with E-state index in [1.54, 1.807) is 0 Å². The topological polar surface area (TPSA) is 20.3 Å². The van der Waals surface area contributed by atoms with Crippen LogP contribution in [0.2, 0.25) is 0 Å². The highest BCUT2D eigenvalue weighted by atomic mass is 19.4. The van der Waals surface area contributed by atoms with Crippen molar-refractivity contribution in [3.63, 3.8) is 0 Å². The van der Waals surface area contributed by atoms with Crippen molar-refractivity contribution in [2.75, 3.05) is 13.1 Å². The minimum atomic E-state index is -4.21. The molecule has 16 heavy (non-hydrogen) atoms. The van der Waals surface area contributed by atoms with E-state index in [2.05, 4.69) is 0 Å². The van der Waals surface area contributed by atoms with Crippen LogP contribution < -0.4 is 0 Å². The van der Waals surface area contributed by atoms with Crippen molar-refractivity contribution >= 4 is 5.91 Å². The maximum Gasteiger partial charge on any atom is 0.392 e. The van der Waals surface area contributed by atoms with Crippen LogP contribution in [0, 0.1) is 11.8 Å². The predicted molar refractivity (Wildman–Crippen MR) is 52.6 cm³/mol. The summed E-state index contributed by atoms with van der Waals surface area (Å²) in [6, 6.07) is 0. The van der Waals surface area contributed by atoms with E-state index in [9.17, 15) is 18.0 Å². The Morgan fingerprint density at radius 1 is 1.50 bits per heavy atom. The molecule has 0 spiro atoms. The van der Waals surface area contributed by atoms with Gasteiger partial charge in [0.2, 0.25) is 5.91 Å². The summed E-state index contributed by atoms with van der Waals surface area (Å²) in [7, 11) is 0. The van der Waals surface area contributed by atoms with Crippen LogP contribution in [0.25, 0.3) is 0 Å². The van der Waals surface area contributed by atoms with Gasteiger partial charge in [-0.25, -0.2) is 0 Å². The zero-order valence-corrected chi connectivity index (χ0v) is 9.05. The minimum absolute atomic E-state index is 0.0263. The molecule has 0 N–H and O–H groups in total. The molecule has 1 aliphatic carbocycles. The monoisotopic (exact) mass is 233 g/mol. The summed E-state index contributed by atoms with van der Waals surface area (Å²) in [6.45, 7) is 2.99. The molecule has 0 saturated heterocycles. The number of nitrogens with zero attached hydrogens (tertiary/aromatic N) is 1. The molecule has 1 heterocycles.